The number of hydrogen-bond donors (Lipinski definition) is 0. The molecule has 0 radical (unpaired) electrons. The van der Waals surface area contributed by atoms with E-state index in [2.05, 4.69) is 0 Å². The van der Waals surface area contributed by atoms with Gasteiger partial charge in [0.2, 0.25) is 0 Å². The van der Waals surface area contributed by atoms with Gasteiger partial charge in [0.1, 0.15) is 0 Å². The van der Waals surface area contributed by atoms with E-state index < -0.39 is 0 Å². The fourth-order valence-electron chi connectivity index (χ4n) is 1.53. The Balaban J connectivity index is -0.0000000804. The van der Waals surface area contributed by atoms with Crippen molar-refractivity contribution in [3.05, 3.63) is 0 Å². The van der Waals surface area contributed by atoms with Gasteiger partial charge in [0.05, 0.1) is 0 Å². The van der Waals surface area contributed by atoms with Crippen molar-refractivity contribution in [2.45, 2.75) is 38.5 Å². The third kappa shape index (κ3) is 21.8. The molecule has 19 heavy (non-hydrogen) atoms. The largest absolute Gasteiger partial charge is 3.00 e. The Kier molecular flexibility index (Phi) is 36.5. The van der Waals surface area contributed by atoms with E-state index in [9.17, 15) is 0 Å². The Morgan fingerprint density at radius 1 is 0.368 bits per heavy atom. The molecule has 0 aromatic heterocycles. The summed E-state index contributed by atoms with van der Waals surface area (Å²) in [5, 5.41) is 0. The van der Waals surface area contributed by atoms with Crippen LogP contribution in [0.3, 0.4) is 0 Å². The Hall–Kier alpha value is 1.33. The molecule has 0 spiro atoms. The van der Waals surface area contributed by atoms with Crippen molar-refractivity contribution in [2.75, 3.05) is 39.6 Å². The molecule has 3 rings (SSSR count). The van der Waals surface area contributed by atoms with Gasteiger partial charge in [0.25, 0.3) is 0 Å². The molecule has 116 valence electrons. The summed E-state index contributed by atoms with van der Waals surface area (Å²) < 4.78 is 14.8. The molecule has 0 aromatic rings. The SMILES string of the molecule is C1CCOC1.C1CCOC1.C1CCOC1.[Cl-].[Cl-].[Cl-].[V+3]. The van der Waals surface area contributed by atoms with Crippen molar-refractivity contribution in [3.63, 3.8) is 0 Å². The van der Waals surface area contributed by atoms with E-state index >= 15 is 0 Å². The molecule has 3 nitrogen and oxygen atoms in total. The molecule has 0 unspecified atom stereocenters. The van der Waals surface area contributed by atoms with Crippen LogP contribution in [0.25, 0.3) is 0 Å². The Morgan fingerprint density at radius 3 is 0.579 bits per heavy atom. The summed E-state index contributed by atoms with van der Waals surface area (Å²) in [4.78, 5) is 0. The van der Waals surface area contributed by atoms with E-state index in [1.165, 1.54) is 38.5 Å². The topological polar surface area (TPSA) is 27.7 Å². The summed E-state index contributed by atoms with van der Waals surface area (Å²) in [6.07, 6.45) is 7.67. The Morgan fingerprint density at radius 2 is 0.526 bits per heavy atom. The van der Waals surface area contributed by atoms with Crippen LogP contribution in [0.1, 0.15) is 38.5 Å². The molecule has 3 saturated heterocycles. The molecule has 0 bridgehead atoms. The number of rotatable bonds is 0. The molecule has 0 amide bonds. The van der Waals surface area contributed by atoms with Crippen LogP contribution in [0.15, 0.2) is 0 Å². The molecule has 3 aliphatic rings. The van der Waals surface area contributed by atoms with Crippen molar-refractivity contribution < 1.29 is 70.0 Å². The minimum absolute atomic E-state index is 0. The summed E-state index contributed by atoms with van der Waals surface area (Å²) in [6.45, 7) is 6.00. The number of ether oxygens (including phenoxy) is 3. The third-order valence-corrected chi connectivity index (χ3v) is 2.48. The van der Waals surface area contributed by atoms with Crippen molar-refractivity contribution in [2.24, 2.45) is 0 Å². The summed E-state index contributed by atoms with van der Waals surface area (Å²) in [7, 11) is 0. The average molecular weight is 374 g/mol. The van der Waals surface area contributed by atoms with Crippen LogP contribution in [-0.4, -0.2) is 39.6 Å². The second kappa shape index (κ2) is 24.4. The van der Waals surface area contributed by atoms with E-state index in [1.54, 1.807) is 0 Å². The van der Waals surface area contributed by atoms with Gasteiger partial charge in [0, 0.05) is 39.6 Å². The van der Waals surface area contributed by atoms with Crippen molar-refractivity contribution >= 4 is 0 Å². The maximum Gasteiger partial charge on any atom is 3.00 e. The van der Waals surface area contributed by atoms with Gasteiger partial charge in [-0.05, 0) is 38.5 Å². The van der Waals surface area contributed by atoms with Gasteiger partial charge >= 0.3 is 18.6 Å². The predicted molar refractivity (Wildman–Crippen MR) is 60.2 cm³/mol. The molecule has 0 aromatic carbocycles. The van der Waals surface area contributed by atoms with Crippen LogP contribution < -0.4 is 37.2 Å². The first kappa shape index (κ1) is 28.5. The molecule has 3 heterocycles. The van der Waals surface area contributed by atoms with E-state index in [-0.39, 0.29) is 55.8 Å². The first-order chi connectivity index (χ1) is 7.50. The quantitative estimate of drug-likeness (QED) is 0.423. The fraction of sp³-hybridized carbons (Fsp3) is 1.00. The average Bonchev–Trinajstić information content (AvgIpc) is 3.09. The van der Waals surface area contributed by atoms with Crippen LogP contribution in [-0.2, 0) is 32.8 Å². The van der Waals surface area contributed by atoms with Crippen LogP contribution in [0, 0.1) is 0 Å². The van der Waals surface area contributed by atoms with E-state index in [4.69, 9.17) is 14.2 Å². The minimum Gasteiger partial charge on any atom is -1.00 e. The molecule has 0 atom stereocenters. The molecular formula is C12H24Cl3O3V. The van der Waals surface area contributed by atoms with Gasteiger partial charge in [-0.15, -0.1) is 0 Å². The maximum atomic E-state index is 4.94. The number of halogens is 3. The molecule has 0 aliphatic carbocycles. The zero-order valence-corrected chi connectivity index (χ0v) is 15.0. The molecular weight excluding hydrogens is 349 g/mol. The van der Waals surface area contributed by atoms with Gasteiger partial charge in [-0.3, -0.25) is 0 Å². The van der Waals surface area contributed by atoms with Crippen molar-refractivity contribution in [1.29, 1.82) is 0 Å². The second-order valence-corrected chi connectivity index (χ2v) is 3.96. The van der Waals surface area contributed by atoms with Gasteiger partial charge < -0.3 is 51.4 Å². The molecule has 7 heteroatoms. The van der Waals surface area contributed by atoms with Crippen molar-refractivity contribution in [1.82, 2.24) is 0 Å². The summed E-state index contributed by atoms with van der Waals surface area (Å²) in [5.74, 6) is 0. The minimum atomic E-state index is 0. The molecule has 0 saturated carbocycles. The zero-order valence-electron chi connectivity index (χ0n) is 11.3. The molecule has 3 aliphatic heterocycles. The summed E-state index contributed by atoms with van der Waals surface area (Å²) in [6, 6.07) is 0. The zero-order chi connectivity index (χ0) is 10.6. The van der Waals surface area contributed by atoms with Gasteiger partial charge in [-0.1, -0.05) is 0 Å². The van der Waals surface area contributed by atoms with Crippen LogP contribution in [0.2, 0.25) is 0 Å². The fourth-order valence-corrected chi connectivity index (χ4v) is 1.53. The molecule has 3 fully saturated rings. The van der Waals surface area contributed by atoms with Crippen LogP contribution in [0.5, 0.6) is 0 Å². The summed E-state index contributed by atoms with van der Waals surface area (Å²) in [5.41, 5.74) is 0. The van der Waals surface area contributed by atoms with Crippen molar-refractivity contribution in [3.8, 4) is 0 Å². The van der Waals surface area contributed by atoms with Crippen LogP contribution >= 0.6 is 0 Å². The molecule has 0 N–H and O–H groups in total. The van der Waals surface area contributed by atoms with E-state index in [0.29, 0.717) is 0 Å². The Labute approximate surface area is 148 Å². The van der Waals surface area contributed by atoms with E-state index in [1.807, 2.05) is 0 Å². The standard InChI is InChI=1S/3C4H8O.3ClH.V/c3*1-2-4-5-3-1;;;;/h3*1-4H2;3*1H;/q;;;;;;+3/p-3. The summed E-state index contributed by atoms with van der Waals surface area (Å²) >= 11 is 0. The Bertz CT molecular complexity index is 86.8. The second-order valence-electron chi connectivity index (χ2n) is 3.96. The van der Waals surface area contributed by atoms with Crippen LogP contribution in [0.4, 0.5) is 0 Å². The van der Waals surface area contributed by atoms with Gasteiger partial charge in [-0.2, -0.15) is 0 Å². The third-order valence-electron chi connectivity index (χ3n) is 2.48. The monoisotopic (exact) mass is 372 g/mol. The smallest absolute Gasteiger partial charge is 1.00 e. The normalized spacial score (nSPS) is 18.9. The van der Waals surface area contributed by atoms with Gasteiger partial charge in [-0.25, -0.2) is 0 Å². The first-order valence-electron chi connectivity index (χ1n) is 6.23. The van der Waals surface area contributed by atoms with Gasteiger partial charge in [0.15, 0.2) is 0 Å². The maximum absolute atomic E-state index is 4.94. The first-order valence-corrected chi connectivity index (χ1v) is 6.23. The number of hydrogen-bond acceptors (Lipinski definition) is 3. The van der Waals surface area contributed by atoms with E-state index in [0.717, 1.165) is 39.6 Å². The predicted octanol–water partition coefficient (Wildman–Crippen LogP) is -6.60.